The molecule has 1 fully saturated rings. The number of rotatable bonds is 6. The first kappa shape index (κ1) is 20.1. The lowest BCUT2D eigenvalue weighted by atomic mass is 10.2. The number of sulfonamides is 1. The van der Waals surface area contributed by atoms with Crippen molar-refractivity contribution in [1.29, 1.82) is 0 Å². The van der Waals surface area contributed by atoms with E-state index in [1.54, 1.807) is 12.1 Å². The monoisotopic (exact) mass is 430 g/mol. The third-order valence-electron chi connectivity index (χ3n) is 4.68. The molecule has 0 unspecified atom stereocenters. The van der Waals surface area contributed by atoms with Gasteiger partial charge in [-0.15, -0.1) is 10.2 Å². The predicted molar refractivity (Wildman–Crippen MR) is 106 cm³/mol. The predicted octanol–water partition coefficient (Wildman–Crippen LogP) is 1.90. The minimum atomic E-state index is -3.49. The number of nitrogens with one attached hydrogen (secondary N) is 1. The highest BCUT2D eigenvalue weighted by Gasteiger charge is 2.26. The van der Waals surface area contributed by atoms with Gasteiger partial charge in [-0.1, -0.05) is 0 Å². The van der Waals surface area contributed by atoms with Crippen LogP contribution in [0.2, 0.25) is 0 Å². The average molecular weight is 430 g/mol. The molecule has 11 heteroatoms. The summed E-state index contributed by atoms with van der Waals surface area (Å²) in [7, 11) is -3.49. The molecule has 3 aromatic rings. The third-order valence-corrected chi connectivity index (χ3v) is 6.59. The maximum atomic E-state index is 13.0. The minimum Gasteiger partial charge on any atom is -0.324 e. The van der Waals surface area contributed by atoms with Crippen LogP contribution in [-0.4, -0.2) is 51.9 Å². The van der Waals surface area contributed by atoms with Crippen LogP contribution in [0.1, 0.15) is 12.8 Å². The molecular formula is C19H19FN6O3S. The second-order valence-electron chi connectivity index (χ2n) is 6.83. The average Bonchev–Trinajstić information content (AvgIpc) is 3.41. The summed E-state index contributed by atoms with van der Waals surface area (Å²) in [5.74, 6) is -0.489. The second kappa shape index (κ2) is 8.28. The molecule has 0 radical (unpaired) electrons. The van der Waals surface area contributed by atoms with Gasteiger partial charge in [0.05, 0.1) is 4.90 Å². The number of tetrazole rings is 1. The largest absolute Gasteiger partial charge is 0.324 e. The van der Waals surface area contributed by atoms with Crippen molar-refractivity contribution < 1.29 is 17.6 Å². The number of amides is 1. The number of nitrogens with zero attached hydrogens (tertiary/aromatic N) is 5. The van der Waals surface area contributed by atoms with E-state index in [4.69, 9.17) is 0 Å². The smallest absolute Gasteiger partial charge is 0.248 e. The zero-order chi connectivity index (χ0) is 21.1. The lowest BCUT2D eigenvalue weighted by Crippen LogP contribution is -2.27. The van der Waals surface area contributed by atoms with E-state index in [9.17, 15) is 17.6 Å². The summed E-state index contributed by atoms with van der Waals surface area (Å²) in [4.78, 5) is 13.6. The molecule has 0 atom stereocenters. The lowest BCUT2D eigenvalue weighted by molar-refractivity contribution is -0.117. The lowest BCUT2D eigenvalue weighted by Gasteiger charge is -2.15. The van der Waals surface area contributed by atoms with Gasteiger partial charge >= 0.3 is 0 Å². The van der Waals surface area contributed by atoms with Crippen LogP contribution in [0.15, 0.2) is 53.4 Å². The van der Waals surface area contributed by atoms with E-state index >= 15 is 0 Å². The van der Waals surface area contributed by atoms with Gasteiger partial charge in [-0.2, -0.15) is 9.10 Å². The van der Waals surface area contributed by atoms with E-state index in [2.05, 4.69) is 20.7 Å². The summed E-state index contributed by atoms with van der Waals surface area (Å²) in [5.41, 5.74) is 1.04. The molecule has 2 aromatic carbocycles. The van der Waals surface area contributed by atoms with Gasteiger partial charge in [-0.25, -0.2) is 12.8 Å². The molecule has 0 saturated carbocycles. The Morgan fingerprint density at radius 3 is 2.37 bits per heavy atom. The number of aromatic nitrogens is 4. The van der Waals surface area contributed by atoms with Crippen molar-refractivity contribution in [2.24, 2.45) is 0 Å². The number of hydrogen-bond acceptors (Lipinski definition) is 6. The van der Waals surface area contributed by atoms with Crippen LogP contribution in [0.4, 0.5) is 10.1 Å². The maximum Gasteiger partial charge on any atom is 0.248 e. The van der Waals surface area contributed by atoms with Gasteiger partial charge in [0.1, 0.15) is 12.4 Å². The second-order valence-corrected chi connectivity index (χ2v) is 8.77. The molecule has 1 amide bonds. The maximum absolute atomic E-state index is 13.0. The SMILES string of the molecule is O=C(Cn1nnc(-c2ccc(F)cc2)n1)Nc1ccc(S(=O)(=O)N2CCCC2)cc1. The van der Waals surface area contributed by atoms with E-state index in [0.717, 1.165) is 17.6 Å². The van der Waals surface area contributed by atoms with Crippen molar-refractivity contribution in [3.05, 3.63) is 54.3 Å². The molecule has 1 aromatic heterocycles. The van der Waals surface area contributed by atoms with Gasteiger partial charge in [0.15, 0.2) is 0 Å². The topological polar surface area (TPSA) is 110 Å². The van der Waals surface area contributed by atoms with Crippen LogP contribution >= 0.6 is 0 Å². The molecule has 156 valence electrons. The molecule has 1 N–H and O–H groups in total. The summed E-state index contributed by atoms with van der Waals surface area (Å²) in [6.45, 7) is 0.888. The molecule has 2 heterocycles. The van der Waals surface area contributed by atoms with Crippen LogP contribution in [0.5, 0.6) is 0 Å². The standard InChI is InChI=1S/C19H19FN6O3S/c20-15-5-3-14(4-6-15)19-22-24-26(23-19)13-18(27)21-16-7-9-17(10-8-16)30(28,29)25-11-1-2-12-25/h3-10H,1-2,11-13H2,(H,21,27). The van der Waals surface area contributed by atoms with Crippen LogP contribution in [0.25, 0.3) is 11.4 Å². The summed E-state index contributed by atoms with van der Waals surface area (Å²) in [6.07, 6.45) is 1.74. The van der Waals surface area contributed by atoms with Gasteiger partial charge in [0, 0.05) is 24.3 Å². The molecule has 4 rings (SSSR count). The Bertz CT molecular complexity index is 1140. The van der Waals surface area contributed by atoms with E-state index in [1.807, 2.05) is 0 Å². The normalized spacial score (nSPS) is 14.7. The Morgan fingerprint density at radius 1 is 1.03 bits per heavy atom. The molecule has 1 saturated heterocycles. The first-order chi connectivity index (χ1) is 14.4. The number of benzene rings is 2. The Balaban J connectivity index is 1.38. The number of anilines is 1. The van der Waals surface area contributed by atoms with E-state index in [1.165, 1.54) is 40.7 Å². The number of carbonyl (C=O) groups is 1. The number of halogens is 1. The van der Waals surface area contributed by atoms with E-state index in [0.29, 0.717) is 24.3 Å². The Kier molecular flexibility index (Phi) is 5.55. The Morgan fingerprint density at radius 2 is 1.70 bits per heavy atom. The Labute approximate surface area is 172 Å². The number of carbonyl (C=O) groups excluding carboxylic acids is 1. The van der Waals surface area contributed by atoms with Gasteiger partial charge in [0.2, 0.25) is 21.8 Å². The molecular weight excluding hydrogens is 411 g/mol. The molecule has 0 spiro atoms. The van der Waals surface area contributed by atoms with Crippen molar-refractivity contribution in [3.8, 4) is 11.4 Å². The zero-order valence-electron chi connectivity index (χ0n) is 15.9. The molecule has 1 aliphatic rings. The first-order valence-corrected chi connectivity index (χ1v) is 10.8. The van der Waals surface area contributed by atoms with Crippen LogP contribution in [-0.2, 0) is 21.4 Å². The van der Waals surface area contributed by atoms with E-state index < -0.39 is 15.9 Å². The molecule has 30 heavy (non-hydrogen) atoms. The molecule has 0 bridgehead atoms. The fraction of sp³-hybridized carbons (Fsp3) is 0.263. The minimum absolute atomic E-state index is 0.179. The highest BCUT2D eigenvalue weighted by atomic mass is 32.2. The van der Waals surface area contributed by atoms with Crippen molar-refractivity contribution in [1.82, 2.24) is 24.5 Å². The van der Waals surface area contributed by atoms with Crippen molar-refractivity contribution in [3.63, 3.8) is 0 Å². The molecule has 9 nitrogen and oxygen atoms in total. The van der Waals surface area contributed by atoms with Crippen LogP contribution < -0.4 is 5.32 Å². The summed E-state index contributed by atoms with van der Waals surface area (Å²) >= 11 is 0. The van der Waals surface area contributed by atoms with Crippen LogP contribution in [0, 0.1) is 5.82 Å². The third kappa shape index (κ3) is 4.36. The van der Waals surface area contributed by atoms with Gasteiger partial charge in [-0.3, -0.25) is 4.79 Å². The van der Waals surface area contributed by atoms with Gasteiger partial charge < -0.3 is 5.32 Å². The molecule has 0 aliphatic carbocycles. The van der Waals surface area contributed by atoms with Gasteiger partial charge in [-0.05, 0) is 66.6 Å². The summed E-state index contributed by atoms with van der Waals surface area (Å²) < 4.78 is 39.5. The quantitative estimate of drug-likeness (QED) is 0.640. The van der Waals surface area contributed by atoms with Crippen molar-refractivity contribution in [2.75, 3.05) is 18.4 Å². The molecule has 1 aliphatic heterocycles. The van der Waals surface area contributed by atoms with Crippen molar-refractivity contribution >= 4 is 21.6 Å². The Hall–Kier alpha value is -3.18. The van der Waals surface area contributed by atoms with Gasteiger partial charge in [0.25, 0.3) is 0 Å². The fourth-order valence-electron chi connectivity index (χ4n) is 3.14. The summed E-state index contributed by atoms with van der Waals surface area (Å²) in [6, 6.07) is 11.7. The fourth-order valence-corrected chi connectivity index (χ4v) is 4.66. The number of hydrogen-bond donors (Lipinski definition) is 1. The summed E-state index contributed by atoms with van der Waals surface area (Å²) in [5, 5.41) is 14.5. The highest BCUT2D eigenvalue weighted by molar-refractivity contribution is 7.89. The first-order valence-electron chi connectivity index (χ1n) is 9.36. The van der Waals surface area contributed by atoms with E-state index in [-0.39, 0.29) is 23.1 Å². The zero-order valence-corrected chi connectivity index (χ0v) is 16.7. The van der Waals surface area contributed by atoms with Crippen molar-refractivity contribution in [2.45, 2.75) is 24.3 Å². The highest BCUT2D eigenvalue weighted by Crippen LogP contribution is 2.22. The van der Waals surface area contributed by atoms with Crippen LogP contribution in [0.3, 0.4) is 0 Å².